The molecule has 2 aliphatic rings. The predicted octanol–water partition coefficient (Wildman–Crippen LogP) is 3.03. The minimum absolute atomic E-state index is 0.374. The number of rotatable bonds is 4. The van der Waals surface area contributed by atoms with Crippen molar-refractivity contribution in [2.24, 2.45) is 0 Å². The Morgan fingerprint density at radius 2 is 1.64 bits per heavy atom. The van der Waals surface area contributed by atoms with Gasteiger partial charge in [-0.3, -0.25) is 0 Å². The molecule has 3 rings (SSSR count). The lowest BCUT2D eigenvalue weighted by atomic mass is 10.0. The zero-order valence-corrected chi connectivity index (χ0v) is 16.2. The van der Waals surface area contributed by atoms with Crippen molar-refractivity contribution in [3.8, 4) is 5.75 Å². The number of methoxy groups -OCH3 is 1. The number of benzene rings is 1. The molecule has 5 nitrogen and oxygen atoms in total. The number of ether oxygens (including phenoxy) is 1. The van der Waals surface area contributed by atoms with Gasteiger partial charge in [0.15, 0.2) is 0 Å². The first-order chi connectivity index (χ1) is 12.0. The summed E-state index contributed by atoms with van der Waals surface area (Å²) in [4.78, 5) is 2.97. The highest BCUT2D eigenvalue weighted by molar-refractivity contribution is 7.89. The molecule has 2 heterocycles. The van der Waals surface area contributed by atoms with E-state index in [0.717, 1.165) is 24.2 Å². The van der Waals surface area contributed by atoms with Gasteiger partial charge in [0.2, 0.25) is 10.0 Å². The van der Waals surface area contributed by atoms with Crippen molar-refractivity contribution in [2.45, 2.75) is 56.4 Å². The average molecular weight is 367 g/mol. The monoisotopic (exact) mass is 366 g/mol. The fourth-order valence-corrected chi connectivity index (χ4v) is 5.62. The number of nitrogens with zero attached hydrogens (tertiary/aromatic N) is 2. The first-order valence-electron chi connectivity index (χ1n) is 9.41. The summed E-state index contributed by atoms with van der Waals surface area (Å²) in [6, 6.07) is 5.66. The SMILES string of the molecule is COc1ccc(S(=O)(=O)N2CCC(N3CCCCCC3)CC2)cc1C. The average Bonchev–Trinajstić information content (AvgIpc) is 2.91. The molecule has 140 valence electrons. The molecule has 2 fully saturated rings. The molecule has 0 bridgehead atoms. The Balaban J connectivity index is 1.66. The van der Waals surface area contributed by atoms with Gasteiger partial charge in [-0.05, 0) is 69.5 Å². The van der Waals surface area contributed by atoms with E-state index in [-0.39, 0.29) is 0 Å². The van der Waals surface area contributed by atoms with Gasteiger partial charge < -0.3 is 9.64 Å². The zero-order chi connectivity index (χ0) is 17.9. The summed E-state index contributed by atoms with van der Waals surface area (Å²) in [5.41, 5.74) is 0.850. The van der Waals surface area contributed by atoms with E-state index in [2.05, 4.69) is 4.90 Å². The van der Waals surface area contributed by atoms with Gasteiger partial charge in [0, 0.05) is 19.1 Å². The van der Waals surface area contributed by atoms with Gasteiger partial charge in [0.25, 0.3) is 0 Å². The first kappa shape index (κ1) is 18.7. The minimum atomic E-state index is -3.41. The Labute approximate surface area is 152 Å². The van der Waals surface area contributed by atoms with Crippen LogP contribution in [-0.4, -0.2) is 57.0 Å². The van der Waals surface area contributed by atoms with Crippen LogP contribution in [0.15, 0.2) is 23.1 Å². The number of likely N-dealkylation sites (tertiary alicyclic amines) is 1. The molecule has 0 aromatic heterocycles. The minimum Gasteiger partial charge on any atom is -0.496 e. The number of hydrogen-bond donors (Lipinski definition) is 0. The molecule has 0 amide bonds. The zero-order valence-electron chi connectivity index (χ0n) is 15.4. The van der Waals surface area contributed by atoms with E-state index in [9.17, 15) is 8.42 Å². The van der Waals surface area contributed by atoms with E-state index in [4.69, 9.17) is 4.74 Å². The molecule has 0 unspecified atom stereocenters. The topological polar surface area (TPSA) is 49.9 Å². The van der Waals surface area contributed by atoms with Crippen LogP contribution < -0.4 is 4.74 Å². The smallest absolute Gasteiger partial charge is 0.243 e. The Hall–Kier alpha value is -1.11. The van der Waals surface area contributed by atoms with Crippen molar-refractivity contribution in [2.75, 3.05) is 33.3 Å². The first-order valence-corrected chi connectivity index (χ1v) is 10.9. The van der Waals surface area contributed by atoms with Crippen molar-refractivity contribution in [3.63, 3.8) is 0 Å². The molecule has 0 aliphatic carbocycles. The molecule has 0 atom stereocenters. The Bertz CT molecular complexity index is 674. The molecule has 0 N–H and O–H groups in total. The van der Waals surface area contributed by atoms with E-state index in [1.807, 2.05) is 6.92 Å². The van der Waals surface area contributed by atoms with Crippen LogP contribution in [0.5, 0.6) is 5.75 Å². The highest BCUT2D eigenvalue weighted by Gasteiger charge is 2.32. The standard InChI is InChI=1S/C19H30N2O3S/c1-16-15-18(7-8-19(16)24-2)25(22,23)21-13-9-17(10-14-21)20-11-5-3-4-6-12-20/h7-8,15,17H,3-6,9-14H2,1-2H3. The molecule has 1 aromatic carbocycles. The van der Waals surface area contributed by atoms with Crippen LogP contribution in [0.1, 0.15) is 44.1 Å². The van der Waals surface area contributed by atoms with Crippen LogP contribution >= 0.6 is 0 Å². The highest BCUT2D eigenvalue weighted by atomic mass is 32.2. The molecule has 0 radical (unpaired) electrons. The molecule has 0 spiro atoms. The van der Waals surface area contributed by atoms with Crippen LogP contribution in [0.25, 0.3) is 0 Å². The second kappa shape index (κ2) is 8.06. The van der Waals surface area contributed by atoms with Crippen LogP contribution in [0, 0.1) is 6.92 Å². The van der Waals surface area contributed by atoms with Gasteiger partial charge in [-0.1, -0.05) is 12.8 Å². The Morgan fingerprint density at radius 3 is 2.20 bits per heavy atom. The van der Waals surface area contributed by atoms with E-state index >= 15 is 0 Å². The second-order valence-electron chi connectivity index (χ2n) is 7.22. The third kappa shape index (κ3) is 4.18. The second-order valence-corrected chi connectivity index (χ2v) is 9.15. The fourth-order valence-electron chi connectivity index (χ4n) is 4.07. The fraction of sp³-hybridized carbons (Fsp3) is 0.684. The number of aryl methyl sites for hydroxylation is 1. The largest absolute Gasteiger partial charge is 0.496 e. The molecule has 25 heavy (non-hydrogen) atoms. The number of hydrogen-bond acceptors (Lipinski definition) is 4. The summed E-state index contributed by atoms with van der Waals surface area (Å²) in [6.45, 7) is 5.47. The van der Waals surface area contributed by atoms with Gasteiger partial charge in [-0.15, -0.1) is 0 Å². The van der Waals surface area contributed by atoms with Crippen LogP contribution in [0.2, 0.25) is 0 Å². The van der Waals surface area contributed by atoms with Crippen LogP contribution in [0.4, 0.5) is 0 Å². The Morgan fingerprint density at radius 1 is 1.00 bits per heavy atom. The number of sulfonamides is 1. The van der Waals surface area contributed by atoms with E-state index in [0.29, 0.717) is 24.0 Å². The highest BCUT2D eigenvalue weighted by Crippen LogP contribution is 2.27. The normalized spacial score (nSPS) is 21.8. The third-order valence-corrected chi connectivity index (χ3v) is 7.48. The lowest BCUT2D eigenvalue weighted by Crippen LogP contribution is -2.47. The van der Waals surface area contributed by atoms with Crippen molar-refractivity contribution < 1.29 is 13.2 Å². The summed E-state index contributed by atoms with van der Waals surface area (Å²) in [7, 11) is -1.81. The van der Waals surface area contributed by atoms with Crippen molar-refractivity contribution in [3.05, 3.63) is 23.8 Å². The van der Waals surface area contributed by atoms with E-state index < -0.39 is 10.0 Å². The van der Waals surface area contributed by atoms with Crippen molar-refractivity contribution in [1.82, 2.24) is 9.21 Å². The maximum absolute atomic E-state index is 12.9. The van der Waals surface area contributed by atoms with Crippen LogP contribution in [0.3, 0.4) is 0 Å². The van der Waals surface area contributed by atoms with Crippen molar-refractivity contribution in [1.29, 1.82) is 0 Å². The van der Waals surface area contributed by atoms with Gasteiger partial charge in [0.05, 0.1) is 12.0 Å². The quantitative estimate of drug-likeness (QED) is 0.822. The summed E-state index contributed by atoms with van der Waals surface area (Å²) >= 11 is 0. The predicted molar refractivity (Wildman–Crippen MR) is 99.6 cm³/mol. The van der Waals surface area contributed by atoms with E-state index in [1.165, 1.54) is 38.8 Å². The van der Waals surface area contributed by atoms with E-state index in [1.54, 1.807) is 29.6 Å². The summed E-state index contributed by atoms with van der Waals surface area (Å²) in [5, 5.41) is 0. The maximum Gasteiger partial charge on any atom is 0.243 e. The van der Waals surface area contributed by atoms with Crippen molar-refractivity contribution >= 4 is 10.0 Å². The summed E-state index contributed by atoms with van der Waals surface area (Å²) in [6.07, 6.45) is 7.11. The molecular formula is C19H30N2O3S. The van der Waals surface area contributed by atoms with Gasteiger partial charge in [-0.25, -0.2) is 8.42 Å². The molecule has 6 heteroatoms. The lowest BCUT2D eigenvalue weighted by molar-refractivity contribution is 0.144. The molecule has 2 aliphatic heterocycles. The number of piperidine rings is 1. The van der Waals surface area contributed by atoms with Crippen LogP contribution in [-0.2, 0) is 10.0 Å². The van der Waals surface area contributed by atoms with Gasteiger partial charge >= 0.3 is 0 Å². The van der Waals surface area contributed by atoms with Gasteiger partial charge in [0.1, 0.15) is 5.75 Å². The summed E-state index contributed by atoms with van der Waals surface area (Å²) in [5.74, 6) is 0.721. The molecule has 1 aromatic rings. The third-order valence-electron chi connectivity index (χ3n) is 5.58. The lowest BCUT2D eigenvalue weighted by Gasteiger charge is -2.37. The van der Waals surface area contributed by atoms with Gasteiger partial charge in [-0.2, -0.15) is 4.31 Å². The summed E-state index contributed by atoms with van der Waals surface area (Å²) < 4.78 is 32.8. The molecule has 0 saturated carbocycles. The molecule has 2 saturated heterocycles. The maximum atomic E-state index is 12.9. The molecular weight excluding hydrogens is 336 g/mol. The Kier molecular flexibility index (Phi) is 6.02.